The van der Waals surface area contributed by atoms with Crippen molar-refractivity contribution in [1.82, 2.24) is 5.32 Å². The SMILES string of the molecule is CCC(CC)(NC(=O)c1ccc2c(c1)CC(=O)N2)C(=O)O. The van der Waals surface area contributed by atoms with Crippen LogP contribution in [-0.4, -0.2) is 28.4 Å². The lowest BCUT2D eigenvalue weighted by molar-refractivity contribution is -0.144. The number of carbonyl (C=O) groups excluding carboxylic acids is 2. The van der Waals surface area contributed by atoms with Gasteiger partial charge in [0.2, 0.25) is 5.91 Å². The predicted molar refractivity (Wildman–Crippen MR) is 77.2 cm³/mol. The maximum Gasteiger partial charge on any atom is 0.329 e. The molecule has 0 spiro atoms. The van der Waals surface area contributed by atoms with Gasteiger partial charge in [-0.1, -0.05) is 13.8 Å². The van der Waals surface area contributed by atoms with Crippen LogP contribution >= 0.6 is 0 Å². The highest BCUT2D eigenvalue weighted by atomic mass is 16.4. The number of amides is 2. The van der Waals surface area contributed by atoms with Gasteiger partial charge in [-0.3, -0.25) is 9.59 Å². The summed E-state index contributed by atoms with van der Waals surface area (Å²) in [7, 11) is 0. The van der Waals surface area contributed by atoms with Gasteiger partial charge in [-0.05, 0) is 36.6 Å². The second kappa shape index (κ2) is 5.55. The fourth-order valence-corrected chi connectivity index (χ4v) is 2.44. The fourth-order valence-electron chi connectivity index (χ4n) is 2.44. The van der Waals surface area contributed by atoms with Crippen LogP contribution in [0.5, 0.6) is 0 Å². The molecule has 1 aliphatic rings. The Morgan fingerprint density at radius 1 is 1.33 bits per heavy atom. The number of carboxylic acids is 1. The molecular formula is C15H18N2O4. The normalized spacial score (nSPS) is 13.5. The molecule has 0 bridgehead atoms. The molecule has 1 aromatic carbocycles. The van der Waals surface area contributed by atoms with E-state index in [4.69, 9.17) is 0 Å². The van der Waals surface area contributed by atoms with Crippen LogP contribution in [0, 0.1) is 0 Å². The van der Waals surface area contributed by atoms with Crippen LogP contribution in [0.2, 0.25) is 0 Å². The van der Waals surface area contributed by atoms with Crippen molar-refractivity contribution < 1.29 is 19.5 Å². The largest absolute Gasteiger partial charge is 0.480 e. The molecule has 3 N–H and O–H groups in total. The summed E-state index contributed by atoms with van der Waals surface area (Å²) in [6.45, 7) is 3.45. The minimum absolute atomic E-state index is 0.107. The van der Waals surface area contributed by atoms with Crippen molar-refractivity contribution in [3.63, 3.8) is 0 Å². The van der Waals surface area contributed by atoms with Crippen LogP contribution in [0.3, 0.4) is 0 Å². The number of carboxylic acid groups (broad SMARTS) is 1. The molecule has 2 amide bonds. The van der Waals surface area contributed by atoms with Crippen LogP contribution in [0.1, 0.15) is 42.6 Å². The molecule has 0 fully saturated rings. The summed E-state index contributed by atoms with van der Waals surface area (Å²) >= 11 is 0. The Morgan fingerprint density at radius 3 is 2.57 bits per heavy atom. The zero-order chi connectivity index (χ0) is 15.6. The monoisotopic (exact) mass is 290 g/mol. The first-order valence-electron chi connectivity index (χ1n) is 6.90. The second-order valence-corrected chi connectivity index (χ2v) is 5.15. The summed E-state index contributed by atoms with van der Waals surface area (Å²) in [6, 6.07) is 4.87. The average Bonchev–Trinajstić information content (AvgIpc) is 2.83. The predicted octanol–water partition coefficient (Wildman–Crippen LogP) is 1.55. The van der Waals surface area contributed by atoms with E-state index in [0.29, 0.717) is 24.1 Å². The number of fused-ring (bicyclic) bond motifs is 1. The van der Waals surface area contributed by atoms with Gasteiger partial charge in [-0.15, -0.1) is 0 Å². The quantitative estimate of drug-likeness (QED) is 0.766. The third-order valence-corrected chi connectivity index (χ3v) is 3.96. The van der Waals surface area contributed by atoms with Crippen molar-refractivity contribution >= 4 is 23.5 Å². The van der Waals surface area contributed by atoms with Gasteiger partial charge >= 0.3 is 5.97 Å². The van der Waals surface area contributed by atoms with E-state index in [1.165, 1.54) is 0 Å². The van der Waals surface area contributed by atoms with Crippen molar-refractivity contribution in [3.8, 4) is 0 Å². The van der Waals surface area contributed by atoms with E-state index in [-0.39, 0.29) is 12.3 Å². The van der Waals surface area contributed by atoms with Crippen LogP contribution in [0.4, 0.5) is 5.69 Å². The summed E-state index contributed by atoms with van der Waals surface area (Å²) in [5.74, 6) is -1.59. The average molecular weight is 290 g/mol. The third-order valence-electron chi connectivity index (χ3n) is 3.96. The van der Waals surface area contributed by atoms with E-state index < -0.39 is 17.4 Å². The van der Waals surface area contributed by atoms with Gasteiger partial charge < -0.3 is 15.7 Å². The topological polar surface area (TPSA) is 95.5 Å². The van der Waals surface area contributed by atoms with Gasteiger partial charge in [0.05, 0.1) is 6.42 Å². The number of nitrogens with one attached hydrogen (secondary N) is 2. The van der Waals surface area contributed by atoms with E-state index in [1.807, 2.05) is 0 Å². The van der Waals surface area contributed by atoms with E-state index in [1.54, 1.807) is 32.0 Å². The Labute approximate surface area is 122 Å². The molecule has 0 saturated carbocycles. The van der Waals surface area contributed by atoms with Crippen molar-refractivity contribution in [2.45, 2.75) is 38.6 Å². The first kappa shape index (κ1) is 15.0. The maximum atomic E-state index is 12.3. The van der Waals surface area contributed by atoms with E-state index in [9.17, 15) is 19.5 Å². The molecular weight excluding hydrogens is 272 g/mol. The first-order chi connectivity index (χ1) is 9.91. The van der Waals surface area contributed by atoms with Crippen LogP contribution in [0.25, 0.3) is 0 Å². The Kier molecular flexibility index (Phi) is 3.97. The number of aliphatic carboxylic acids is 1. The van der Waals surface area contributed by atoms with Crippen molar-refractivity contribution in [2.75, 3.05) is 5.32 Å². The minimum Gasteiger partial charge on any atom is -0.480 e. The molecule has 0 unspecified atom stereocenters. The summed E-state index contributed by atoms with van der Waals surface area (Å²) < 4.78 is 0. The number of carbonyl (C=O) groups is 3. The standard InChI is InChI=1S/C15H18N2O4/c1-3-15(4-2,14(20)21)17-13(19)9-5-6-11-10(7-9)8-12(18)16-11/h5-7H,3-4,8H2,1-2H3,(H,16,18)(H,17,19)(H,20,21). The molecule has 1 aliphatic heterocycles. The number of hydrogen-bond acceptors (Lipinski definition) is 3. The van der Waals surface area contributed by atoms with Gasteiger partial charge in [0, 0.05) is 11.3 Å². The lowest BCUT2D eigenvalue weighted by atomic mass is 9.92. The molecule has 0 saturated heterocycles. The molecule has 1 aromatic rings. The Balaban J connectivity index is 2.23. The van der Waals surface area contributed by atoms with Crippen molar-refractivity contribution in [2.24, 2.45) is 0 Å². The minimum atomic E-state index is -1.26. The smallest absolute Gasteiger partial charge is 0.329 e. The lowest BCUT2D eigenvalue weighted by Gasteiger charge is -2.28. The lowest BCUT2D eigenvalue weighted by Crippen LogP contribution is -2.53. The molecule has 2 rings (SSSR count). The van der Waals surface area contributed by atoms with Gasteiger partial charge in [-0.2, -0.15) is 0 Å². The van der Waals surface area contributed by atoms with E-state index in [2.05, 4.69) is 10.6 Å². The van der Waals surface area contributed by atoms with Crippen LogP contribution in [-0.2, 0) is 16.0 Å². The summed E-state index contributed by atoms with van der Waals surface area (Å²) in [4.78, 5) is 35.0. The van der Waals surface area contributed by atoms with Crippen molar-refractivity contribution in [3.05, 3.63) is 29.3 Å². The molecule has 0 aromatic heterocycles. The second-order valence-electron chi connectivity index (χ2n) is 5.15. The number of anilines is 1. The fraction of sp³-hybridized carbons (Fsp3) is 0.400. The number of rotatable bonds is 5. The van der Waals surface area contributed by atoms with Gasteiger partial charge in [0.15, 0.2) is 0 Å². The maximum absolute atomic E-state index is 12.3. The molecule has 112 valence electrons. The number of benzene rings is 1. The molecule has 1 heterocycles. The molecule has 0 aliphatic carbocycles. The van der Waals surface area contributed by atoms with Crippen molar-refractivity contribution in [1.29, 1.82) is 0 Å². The van der Waals surface area contributed by atoms with Gasteiger partial charge in [0.1, 0.15) is 5.54 Å². The first-order valence-corrected chi connectivity index (χ1v) is 6.90. The summed E-state index contributed by atoms with van der Waals surface area (Å²) in [5.41, 5.74) is 0.552. The summed E-state index contributed by atoms with van der Waals surface area (Å²) in [5, 5.41) is 14.6. The van der Waals surface area contributed by atoms with E-state index in [0.717, 1.165) is 5.56 Å². The van der Waals surface area contributed by atoms with Gasteiger partial charge in [-0.25, -0.2) is 4.79 Å². The molecule has 0 atom stereocenters. The molecule has 6 nitrogen and oxygen atoms in total. The molecule has 0 radical (unpaired) electrons. The van der Waals surface area contributed by atoms with Crippen LogP contribution in [0.15, 0.2) is 18.2 Å². The highest BCUT2D eigenvalue weighted by molar-refractivity contribution is 6.02. The highest BCUT2D eigenvalue weighted by Crippen LogP contribution is 2.24. The zero-order valence-electron chi connectivity index (χ0n) is 12.0. The molecule has 6 heteroatoms. The Morgan fingerprint density at radius 2 is 2.00 bits per heavy atom. The third kappa shape index (κ3) is 2.74. The Hall–Kier alpha value is -2.37. The Bertz CT molecular complexity index is 606. The van der Waals surface area contributed by atoms with E-state index >= 15 is 0 Å². The van der Waals surface area contributed by atoms with Gasteiger partial charge in [0.25, 0.3) is 5.91 Å². The molecule has 21 heavy (non-hydrogen) atoms. The highest BCUT2D eigenvalue weighted by Gasteiger charge is 2.36. The van der Waals surface area contributed by atoms with Crippen LogP contribution < -0.4 is 10.6 Å². The zero-order valence-corrected chi connectivity index (χ0v) is 12.0. The summed E-state index contributed by atoms with van der Waals surface area (Å²) in [6.07, 6.45) is 0.840. The number of hydrogen-bond donors (Lipinski definition) is 3.